The van der Waals surface area contributed by atoms with Gasteiger partial charge in [-0.05, 0) is 60.1 Å². The number of carbonyl (C=O) groups excluding carboxylic acids is 1. The van der Waals surface area contributed by atoms with Crippen LogP contribution in [0.1, 0.15) is 51.4 Å². The summed E-state index contributed by atoms with van der Waals surface area (Å²) in [7, 11) is 0. The monoisotopic (exact) mass is 558 g/mol. The van der Waals surface area contributed by atoms with Crippen LogP contribution in [0.25, 0.3) is 0 Å². The van der Waals surface area contributed by atoms with Crippen LogP contribution in [-0.2, 0) is 19.1 Å². The second-order valence-corrected chi connectivity index (χ2v) is 9.96. The van der Waals surface area contributed by atoms with Crippen LogP contribution in [0.3, 0.4) is 0 Å². The molecule has 10 heteroatoms. The fourth-order valence-corrected chi connectivity index (χ4v) is 4.68. The van der Waals surface area contributed by atoms with Gasteiger partial charge >= 0.3 is 6.18 Å². The molecule has 1 fully saturated rings. The van der Waals surface area contributed by atoms with Crippen molar-refractivity contribution in [2.75, 3.05) is 12.3 Å². The van der Waals surface area contributed by atoms with Gasteiger partial charge in [-0.1, -0.05) is 65.1 Å². The lowest BCUT2D eigenvalue weighted by atomic mass is 10.0. The second-order valence-electron chi connectivity index (χ2n) is 8.74. The first-order valence-corrected chi connectivity index (χ1v) is 12.3. The van der Waals surface area contributed by atoms with Crippen LogP contribution in [-0.4, -0.2) is 17.4 Å². The summed E-state index contributed by atoms with van der Waals surface area (Å²) in [6.07, 6.45) is -2.25. The number of nitrogen functional groups attached to an aromatic ring is 1. The first-order chi connectivity index (χ1) is 17.0. The molecule has 1 amide bonds. The van der Waals surface area contributed by atoms with E-state index in [1.165, 1.54) is 17.0 Å². The Kier molecular flexibility index (Phi) is 7.74. The molecule has 0 unspecified atom stereocenters. The van der Waals surface area contributed by atoms with Crippen molar-refractivity contribution in [3.8, 4) is 0 Å². The average molecular weight is 560 g/mol. The minimum absolute atomic E-state index is 0.0232. The molecule has 3 aromatic carbocycles. The van der Waals surface area contributed by atoms with Gasteiger partial charge in [0.05, 0.1) is 21.3 Å². The molecule has 0 saturated heterocycles. The standard InChI is InChI=1S/C26H21Cl3F4N2O/c27-19-11-16(15-4-5-15)6-7-17(19)13-35(9-8-14-2-1-3-18(10-14)26(31,32)33)25(36)22-23(30)20(28)12-21(29)24(22)34/h1-3,6-7,10-12,15H,4-5,8-9,13,34H2. The van der Waals surface area contributed by atoms with Crippen molar-refractivity contribution < 1.29 is 22.4 Å². The van der Waals surface area contributed by atoms with Crippen molar-refractivity contribution in [3.63, 3.8) is 0 Å². The molecule has 2 N–H and O–H groups in total. The van der Waals surface area contributed by atoms with Crippen molar-refractivity contribution in [3.05, 3.63) is 97.2 Å². The molecule has 0 radical (unpaired) electrons. The number of anilines is 1. The molecule has 0 atom stereocenters. The van der Waals surface area contributed by atoms with Gasteiger partial charge in [-0.15, -0.1) is 0 Å². The maximum atomic E-state index is 14.9. The number of rotatable bonds is 7. The summed E-state index contributed by atoms with van der Waals surface area (Å²) in [5.41, 5.74) is 6.41. The Morgan fingerprint density at radius 2 is 1.72 bits per heavy atom. The lowest BCUT2D eigenvalue weighted by Gasteiger charge is -2.25. The smallest absolute Gasteiger partial charge is 0.397 e. The van der Waals surface area contributed by atoms with Crippen LogP contribution < -0.4 is 5.73 Å². The van der Waals surface area contributed by atoms with Crippen LogP contribution in [0.15, 0.2) is 48.5 Å². The summed E-state index contributed by atoms with van der Waals surface area (Å²) in [4.78, 5) is 14.8. The van der Waals surface area contributed by atoms with Gasteiger partial charge in [0.1, 0.15) is 5.56 Å². The predicted octanol–water partition coefficient (Wildman–Crippen LogP) is 8.15. The van der Waals surface area contributed by atoms with Gasteiger partial charge in [0.2, 0.25) is 0 Å². The highest BCUT2D eigenvalue weighted by Crippen LogP contribution is 2.41. The quantitative estimate of drug-likeness (QED) is 0.180. The van der Waals surface area contributed by atoms with E-state index in [9.17, 15) is 22.4 Å². The van der Waals surface area contributed by atoms with E-state index >= 15 is 0 Å². The normalized spacial score (nSPS) is 13.6. The zero-order chi connectivity index (χ0) is 26.2. The summed E-state index contributed by atoms with van der Waals surface area (Å²) in [6, 6.07) is 11.5. The third-order valence-corrected chi connectivity index (χ3v) is 7.06. The molecule has 0 spiro atoms. The Bertz CT molecular complexity index is 1280. The largest absolute Gasteiger partial charge is 0.416 e. The van der Waals surface area contributed by atoms with E-state index in [-0.39, 0.29) is 35.2 Å². The molecule has 0 heterocycles. The van der Waals surface area contributed by atoms with Gasteiger partial charge in [0.15, 0.2) is 5.82 Å². The zero-order valence-electron chi connectivity index (χ0n) is 18.8. The molecule has 1 aliphatic rings. The van der Waals surface area contributed by atoms with Gasteiger partial charge in [-0.2, -0.15) is 13.2 Å². The number of alkyl halides is 3. The molecule has 0 aromatic heterocycles. The number of hydrogen-bond donors (Lipinski definition) is 1. The van der Waals surface area contributed by atoms with E-state index in [2.05, 4.69) is 0 Å². The first-order valence-electron chi connectivity index (χ1n) is 11.1. The van der Waals surface area contributed by atoms with Crippen molar-refractivity contribution in [2.45, 2.75) is 37.9 Å². The highest BCUT2D eigenvalue weighted by Gasteiger charge is 2.31. The zero-order valence-corrected chi connectivity index (χ0v) is 21.1. The van der Waals surface area contributed by atoms with E-state index in [4.69, 9.17) is 40.5 Å². The summed E-state index contributed by atoms with van der Waals surface area (Å²) in [6.45, 7) is -0.0611. The average Bonchev–Trinajstić information content (AvgIpc) is 3.66. The third kappa shape index (κ3) is 5.90. The maximum Gasteiger partial charge on any atom is 0.416 e. The number of nitrogens with zero attached hydrogens (tertiary/aromatic N) is 1. The summed E-state index contributed by atoms with van der Waals surface area (Å²) < 4.78 is 54.3. The van der Waals surface area contributed by atoms with Crippen LogP contribution in [0.2, 0.25) is 15.1 Å². The molecule has 1 saturated carbocycles. The van der Waals surface area contributed by atoms with Gasteiger partial charge in [0.25, 0.3) is 5.91 Å². The molecule has 3 nitrogen and oxygen atoms in total. The van der Waals surface area contributed by atoms with Gasteiger partial charge < -0.3 is 10.6 Å². The summed E-state index contributed by atoms with van der Waals surface area (Å²) >= 11 is 18.4. The Morgan fingerprint density at radius 1 is 1.00 bits per heavy atom. The molecule has 0 bridgehead atoms. The van der Waals surface area contributed by atoms with Crippen molar-refractivity contribution in [2.24, 2.45) is 0 Å². The van der Waals surface area contributed by atoms with E-state index < -0.39 is 29.0 Å². The number of carbonyl (C=O) groups is 1. The third-order valence-electron chi connectivity index (χ3n) is 6.12. The van der Waals surface area contributed by atoms with E-state index in [0.717, 1.165) is 36.6 Å². The maximum absolute atomic E-state index is 14.9. The predicted molar refractivity (Wildman–Crippen MR) is 134 cm³/mol. The number of nitrogens with two attached hydrogens (primary N) is 1. The molecule has 1 aliphatic carbocycles. The fraction of sp³-hybridized carbons (Fsp3) is 0.269. The van der Waals surface area contributed by atoms with Crippen molar-refractivity contribution in [1.82, 2.24) is 4.90 Å². The van der Waals surface area contributed by atoms with Gasteiger partial charge in [-0.3, -0.25) is 4.79 Å². The highest BCUT2D eigenvalue weighted by atomic mass is 35.5. The fourth-order valence-electron chi connectivity index (χ4n) is 3.96. The number of halogens is 7. The number of hydrogen-bond acceptors (Lipinski definition) is 2. The Morgan fingerprint density at radius 3 is 2.36 bits per heavy atom. The molecule has 4 rings (SSSR count). The van der Waals surface area contributed by atoms with Crippen LogP contribution >= 0.6 is 34.8 Å². The molecule has 190 valence electrons. The Hall–Kier alpha value is -2.48. The summed E-state index contributed by atoms with van der Waals surface area (Å²) in [5.74, 6) is -1.36. The van der Waals surface area contributed by atoms with E-state index in [1.807, 2.05) is 12.1 Å². The van der Waals surface area contributed by atoms with E-state index in [1.54, 1.807) is 6.07 Å². The van der Waals surface area contributed by atoms with Crippen LogP contribution in [0, 0.1) is 5.82 Å². The molecular weight excluding hydrogens is 539 g/mol. The van der Waals surface area contributed by atoms with Crippen molar-refractivity contribution in [1.29, 1.82) is 0 Å². The molecule has 36 heavy (non-hydrogen) atoms. The highest BCUT2D eigenvalue weighted by molar-refractivity contribution is 6.37. The Balaban J connectivity index is 1.66. The molecular formula is C26H21Cl3F4N2O. The van der Waals surface area contributed by atoms with Gasteiger partial charge in [-0.25, -0.2) is 4.39 Å². The lowest BCUT2D eigenvalue weighted by Crippen LogP contribution is -2.34. The molecule has 0 aliphatic heterocycles. The second kappa shape index (κ2) is 10.5. The minimum Gasteiger partial charge on any atom is -0.397 e. The van der Waals surface area contributed by atoms with Crippen LogP contribution in [0.4, 0.5) is 23.2 Å². The number of benzene rings is 3. The first kappa shape index (κ1) is 26.6. The SMILES string of the molecule is Nc1c(Cl)cc(Cl)c(F)c1C(=O)N(CCc1cccc(C(F)(F)F)c1)Cc1ccc(C2CC2)cc1Cl. The topological polar surface area (TPSA) is 46.3 Å². The minimum atomic E-state index is -4.50. The lowest BCUT2D eigenvalue weighted by molar-refractivity contribution is -0.137. The van der Waals surface area contributed by atoms with Crippen LogP contribution in [0.5, 0.6) is 0 Å². The Labute approximate surface area is 220 Å². The van der Waals surface area contributed by atoms with Crippen molar-refractivity contribution >= 4 is 46.4 Å². The number of amides is 1. The molecule has 3 aromatic rings. The summed E-state index contributed by atoms with van der Waals surface area (Å²) in [5, 5.41) is -0.0227. The van der Waals surface area contributed by atoms with E-state index in [0.29, 0.717) is 22.1 Å². The van der Waals surface area contributed by atoms with Gasteiger partial charge in [0, 0.05) is 18.1 Å².